The van der Waals surface area contributed by atoms with Crippen LogP contribution in [0.25, 0.3) is 0 Å². The quantitative estimate of drug-likeness (QED) is 0.783. The van der Waals surface area contributed by atoms with Gasteiger partial charge in [0, 0.05) is 18.3 Å². The lowest BCUT2D eigenvalue weighted by Gasteiger charge is -2.53. The molecule has 1 heterocycles. The molecule has 2 rings (SSSR count). The Morgan fingerprint density at radius 3 is 2.52 bits per heavy atom. The first-order valence-electron chi connectivity index (χ1n) is 8.00. The van der Waals surface area contributed by atoms with Gasteiger partial charge in [-0.25, -0.2) is 0 Å². The van der Waals surface area contributed by atoms with Crippen LogP contribution >= 0.6 is 0 Å². The molecule has 4 atom stereocenters. The Labute approximate surface area is 128 Å². The topological polar surface area (TPSA) is 66.8 Å². The number of allylic oxidation sites excluding steroid dienone is 1. The van der Waals surface area contributed by atoms with Gasteiger partial charge in [0.1, 0.15) is 5.78 Å². The highest BCUT2D eigenvalue weighted by Gasteiger charge is 2.69. The lowest BCUT2D eigenvalue weighted by molar-refractivity contribution is -0.317. The Balaban J connectivity index is 0.00000106. The molecule has 0 aromatic heterocycles. The van der Waals surface area contributed by atoms with E-state index in [4.69, 9.17) is 4.74 Å². The second-order valence-corrected chi connectivity index (χ2v) is 6.38. The third-order valence-corrected chi connectivity index (χ3v) is 4.95. The van der Waals surface area contributed by atoms with Gasteiger partial charge < -0.3 is 14.9 Å². The van der Waals surface area contributed by atoms with Crippen molar-refractivity contribution in [2.75, 3.05) is 6.61 Å². The second kappa shape index (κ2) is 6.59. The van der Waals surface area contributed by atoms with Crippen LogP contribution in [0.2, 0.25) is 0 Å². The fraction of sp³-hybridized carbons (Fsp3) is 0.824. The van der Waals surface area contributed by atoms with Gasteiger partial charge in [0.25, 0.3) is 0 Å². The van der Waals surface area contributed by atoms with Crippen molar-refractivity contribution in [3.05, 3.63) is 12.7 Å². The Bertz CT molecular complexity index is 394. The zero-order valence-electron chi connectivity index (χ0n) is 13.8. The second-order valence-electron chi connectivity index (χ2n) is 6.38. The molecular formula is C17H30O4. The number of aliphatic hydroxyl groups is 2. The number of carbonyl (C=O) groups excluding carboxylic acids is 1. The highest BCUT2D eigenvalue weighted by atomic mass is 16.6. The molecule has 0 aromatic rings. The van der Waals surface area contributed by atoms with Crippen molar-refractivity contribution >= 4 is 5.78 Å². The van der Waals surface area contributed by atoms with Crippen molar-refractivity contribution in [3.63, 3.8) is 0 Å². The summed E-state index contributed by atoms with van der Waals surface area (Å²) in [4.78, 5) is 12.1. The third-order valence-electron chi connectivity index (χ3n) is 4.95. The van der Waals surface area contributed by atoms with E-state index in [1.807, 2.05) is 20.8 Å². The molecule has 0 radical (unpaired) electrons. The maximum absolute atomic E-state index is 12.1. The van der Waals surface area contributed by atoms with Gasteiger partial charge in [-0.2, -0.15) is 0 Å². The summed E-state index contributed by atoms with van der Waals surface area (Å²) in [6, 6.07) is 0. The summed E-state index contributed by atoms with van der Waals surface area (Å²) >= 11 is 0. The molecule has 0 amide bonds. The Hall–Kier alpha value is -0.710. The molecule has 0 bridgehead atoms. The summed E-state index contributed by atoms with van der Waals surface area (Å²) in [6.07, 6.45) is 4.10. The number of carbonyl (C=O) groups is 1. The zero-order valence-corrected chi connectivity index (χ0v) is 13.8. The van der Waals surface area contributed by atoms with Gasteiger partial charge in [0.2, 0.25) is 0 Å². The molecule has 2 aliphatic rings. The highest BCUT2D eigenvalue weighted by Crippen LogP contribution is 2.62. The lowest BCUT2D eigenvalue weighted by Crippen LogP contribution is -2.62. The molecule has 0 spiro atoms. The van der Waals surface area contributed by atoms with Gasteiger partial charge in [-0.05, 0) is 19.3 Å². The minimum atomic E-state index is -1.45. The summed E-state index contributed by atoms with van der Waals surface area (Å²) in [5.41, 5.74) is -1.57. The van der Waals surface area contributed by atoms with Crippen LogP contribution in [0, 0.1) is 10.8 Å². The van der Waals surface area contributed by atoms with E-state index in [9.17, 15) is 15.0 Å². The number of rotatable bonds is 4. The SMILES string of the molecule is C=CC[C@]12CC(=O)C[C@@](C)(CO)[C@@]1(O)OC(CC)C2.CC. The van der Waals surface area contributed by atoms with E-state index in [1.54, 1.807) is 13.0 Å². The maximum atomic E-state index is 12.1. The zero-order chi connectivity index (χ0) is 16.3. The third kappa shape index (κ3) is 2.69. The van der Waals surface area contributed by atoms with E-state index in [1.165, 1.54) is 0 Å². The molecule has 1 aliphatic carbocycles. The summed E-state index contributed by atoms with van der Waals surface area (Å²) in [6.45, 7) is 11.2. The number of hydrogen-bond acceptors (Lipinski definition) is 4. The van der Waals surface area contributed by atoms with E-state index in [0.717, 1.165) is 6.42 Å². The normalized spacial score (nSPS) is 42.0. The summed E-state index contributed by atoms with van der Waals surface area (Å²) in [7, 11) is 0. The van der Waals surface area contributed by atoms with Crippen molar-refractivity contribution in [3.8, 4) is 0 Å². The van der Waals surface area contributed by atoms with Crippen LogP contribution in [-0.2, 0) is 9.53 Å². The highest BCUT2D eigenvalue weighted by molar-refractivity contribution is 5.81. The number of hydrogen-bond donors (Lipinski definition) is 2. The minimum Gasteiger partial charge on any atom is -0.396 e. The predicted octanol–water partition coefficient (Wildman–Crippen LogP) is 2.82. The summed E-state index contributed by atoms with van der Waals surface area (Å²) in [5, 5.41) is 20.9. The van der Waals surface area contributed by atoms with Crippen molar-refractivity contribution < 1.29 is 19.7 Å². The number of fused-ring (bicyclic) bond motifs is 1. The van der Waals surface area contributed by atoms with Gasteiger partial charge in [-0.15, -0.1) is 6.58 Å². The molecule has 122 valence electrons. The van der Waals surface area contributed by atoms with Crippen LogP contribution in [0.15, 0.2) is 12.7 Å². The fourth-order valence-corrected chi connectivity index (χ4v) is 3.91. The molecule has 1 saturated carbocycles. The Kier molecular flexibility index (Phi) is 5.76. The fourth-order valence-electron chi connectivity index (χ4n) is 3.91. The molecule has 1 unspecified atom stereocenters. The van der Waals surface area contributed by atoms with Gasteiger partial charge in [0.05, 0.1) is 18.1 Å². The Morgan fingerprint density at radius 2 is 2.05 bits per heavy atom. The first-order valence-corrected chi connectivity index (χ1v) is 8.00. The minimum absolute atomic E-state index is 0.0678. The molecular weight excluding hydrogens is 268 g/mol. The number of ether oxygens (including phenoxy) is 1. The first kappa shape index (κ1) is 18.3. The summed E-state index contributed by atoms with van der Waals surface area (Å²) in [5.74, 6) is -1.36. The molecule has 21 heavy (non-hydrogen) atoms. The molecule has 4 nitrogen and oxygen atoms in total. The van der Waals surface area contributed by atoms with Crippen molar-refractivity contribution in [2.45, 2.75) is 71.7 Å². The lowest BCUT2D eigenvalue weighted by atomic mass is 9.56. The average Bonchev–Trinajstić information content (AvgIpc) is 2.75. The van der Waals surface area contributed by atoms with Gasteiger partial charge in [-0.3, -0.25) is 4.79 Å². The standard InChI is InChI=1S/C15H24O4.C2H6/c1-4-6-14-8-11(17)7-13(3,10-16)15(14,18)19-12(5-2)9-14;1-2/h4,12,16,18H,1,5-10H2,2-3H3;1-2H3/t12?,13-,14+,15+;/m0./s1. The molecule has 1 aliphatic heterocycles. The number of ketones is 1. The van der Waals surface area contributed by atoms with Crippen LogP contribution in [0.4, 0.5) is 0 Å². The first-order chi connectivity index (χ1) is 9.86. The van der Waals surface area contributed by atoms with Crippen LogP contribution < -0.4 is 0 Å². The number of Topliss-reactive ketones (excluding diaryl/α,β-unsaturated/α-hetero) is 1. The van der Waals surface area contributed by atoms with Crippen molar-refractivity contribution in [2.24, 2.45) is 10.8 Å². The van der Waals surface area contributed by atoms with Crippen LogP contribution in [0.3, 0.4) is 0 Å². The maximum Gasteiger partial charge on any atom is 0.180 e. The molecule has 2 fully saturated rings. The Morgan fingerprint density at radius 1 is 1.43 bits per heavy atom. The molecule has 2 N–H and O–H groups in total. The van der Waals surface area contributed by atoms with Crippen LogP contribution in [0.1, 0.15) is 59.8 Å². The monoisotopic (exact) mass is 298 g/mol. The van der Waals surface area contributed by atoms with Gasteiger partial charge in [-0.1, -0.05) is 33.8 Å². The van der Waals surface area contributed by atoms with E-state index in [2.05, 4.69) is 6.58 Å². The molecule has 4 heteroatoms. The molecule has 0 aromatic carbocycles. The van der Waals surface area contributed by atoms with Crippen molar-refractivity contribution in [1.82, 2.24) is 0 Å². The van der Waals surface area contributed by atoms with E-state index < -0.39 is 16.6 Å². The number of aliphatic hydroxyl groups excluding tert-OH is 1. The van der Waals surface area contributed by atoms with Crippen molar-refractivity contribution in [1.29, 1.82) is 0 Å². The molecule has 1 saturated heterocycles. The van der Waals surface area contributed by atoms with Crippen LogP contribution in [-0.4, -0.2) is 34.5 Å². The predicted molar refractivity (Wildman–Crippen MR) is 82.8 cm³/mol. The van der Waals surface area contributed by atoms with E-state index in [-0.39, 0.29) is 24.9 Å². The van der Waals surface area contributed by atoms with Gasteiger partial charge >= 0.3 is 0 Å². The summed E-state index contributed by atoms with van der Waals surface area (Å²) < 4.78 is 5.91. The smallest absolute Gasteiger partial charge is 0.180 e. The average molecular weight is 298 g/mol. The van der Waals surface area contributed by atoms with E-state index in [0.29, 0.717) is 19.3 Å². The van der Waals surface area contributed by atoms with Gasteiger partial charge in [0.15, 0.2) is 5.79 Å². The van der Waals surface area contributed by atoms with Crippen LogP contribution in [0.5, 0.6) is 0 Å². The largest absolute Gasteiger partial charge is 0.396 e. The van der Waals surface area contributed by atoms with E-state index >= 15 is 0 Å².